The molecule has 0 spiro atoms. The highest BCUT2D eigenvalue weighted by Gasteiger charge is 2.15. The molecule has 0 aliphatic rings. The fourth-order valence-corrected chi connectivity index (χ4v) is 1.97. The molecule has 0 saturated heterocycles. The van der Waals surface area contributed by atoms with Crippen molar-refractivity contribution < 1.29 is 4.74 Å². The number of hydrogen-bond acceptors (Lipinski definition) is 5. The minimum Gasteiger partial charge on any atom is -0.495 e. The van der Waals surface area contributed by atoms with Gasteiger partial charge in [0.1, 0.15) is 5.75 Å². The summed E-state index contributed by atoms with van der Waals surface area (Å²) in [5.41, 5.74) is 0.858. The maximum atomic E-state index is 5.27. The van der Waals surface area contributed by atoms with Crippen LogP contribution in [0.1, 0.15) is 18.8 Å². The van der Waals surface area contributed by atoms with Crippen molar-refractivity contribution in [2.24, 2.45) is 0 Å². The van der Waals surface area contributed by atoms with Crippen molar-refractivity contribution in [1.29, 1.82) is 0 Å². The Morgan fingerprint density at radius 3 is 2.89 bits per heavy atom. The van der Waals surface area contributed by atoms with Crippen molar-refractivity contribution in [3.8, 4) is 11.4 Å². The Labute approximate surface area is 113 Å². The molecule has 1 aromatic heterocycles. The van der Waals surface area contributed by atoms with Crippen LogP contribution in [0.4, 0.5) is 0 Å². The van der Waals surface area contributed by atoms with E-state index in [0.29, 0.717) is 0 Å². The lowest BCUT2D eigenvalue weighted by Crippen LogP contribution is -2.17. The molecule has 0 amide bonds. The molecule has 18 heavy (non-hydrogen) atoms. The molecule has 6 nitrogen and oxygen atoms in total. The van der Waals surface area contributed by atoms with Crippen molar-refractivity contribution >= 4 is 15.9 Å². The number of benzene rings is 1. The minimum absolute atomic E-state index is 0.0645. The molecule has 2 aromatic rings. The van der Waals surface area contributed by atoms with E-state index in [4.69, 9.17) is 4.74 Å². The van der Waals surface area contributed by atoms with Gasteiger partial charge in [-0.2, -0.15) is 4.68 Å². The van der Waals surface area contributed by atoms with Gasteiger partial charge in [0, 0.05) is 6.07 Å². The summed E-state index contributed by atoms with van der Waals surface area (Å²) in [6, 6.07) is 5.78. The predicted molar refractivity (Wildman–Crippen MR) is 70.9 cm³/mol. The summed E-state index contributed by atoms with van der Waals surface area (Å²) in [7, 11) is 3.49. The molecule has 2 rings (SSSR count). The summed E-state index contributed by atoms with van der Waals surface area (Å²) in [4.78, 5) is 0. The fraction of sp³-hybridized carbons (Fsp3) is 0.364. The molecule has 0 radical (unpaired) electrons. The predicted octanol–water partition coefficient (Wildman–Crippen LogP) is 1.71. The van der Waals surface area contributed by atoms with E-state index in [1.165, 1.54) is 0 Å². The Morgan fingerprint density at radius 1 is 1.44 bits per heavy atom. The number of nitrogens with one attached hydrogen (secondary N) is 1. The SMILES string of the molecule is CNC(C)c1nnnn1-c1ccc(Br)c(OC)c1. The van der Waals surface area contributed by atoms with Gasteiger partial charge in [0.05, 0.1) is 23.3 Å². The Bertz CT molecular complexity index is 542. The van der Waals surface area contributed by atoms with E-state index in [1.807, 2.05) is 32.2 Å². The van der Waals surface area contributed by atoms with Gasteiger partial charge in [-0.05, 0) is 52.5 Å². The van der Waals surface area contributed by atoms with Gasteiger partial charge in [-0.15, -0.1) is 5.10 Å². The molecule has 1 N–H and O–H groups in total. The first-order valence-corrected chi connectivity index (χ1v) is 6.26. The first kappa shape index (κ1) is 13.0. The molecule has 1 aromatic carbocycles. The molecule has 0 fully saturated rings. The zero-order valence-corrected chi connectivity index (χ0v) is 12.0. The molecule has 0 aliphatic carbocycles. The van der Waals surface area contributed by atoms with Crippen molar-refractivity contribution in [2.45, 2.75) is 13.0 Å². The van der Waals surface area contributed by atoms with E-state index < -0.39 is 0 Å². The second kappa shape index (κ2) is 5.45. The summed E-state index contributed by atoms with van der Waals surface area (Å²) in [5.74, 6) is 1.49. The van der Waals surface area contributed by atoms with Gasteiger partial charge in [-0.1, -0.05) is 0 Å². The maximum Gasteiger partial charge on any atom is 0.173 e. The van der Waals surface area contributed by atoms with Crippen molar-refractivity contribution in [2.75, 3.05) is 14.2 Å². The van der Waals surface area contributed by atoms with Crippen LogP contribution in [-0.4, -0.2) is 34.4 Å². The van der Waals surface area contributed by atoms with E-state index in [9.17, 15) is 0 Å². The number of ether oxygens (including phenoxy) is 1. The molecular formula is C11H14BrN5O. The van der Waals surface area contributed by atoms with E-state index in [-0.39, 0.29) is 6.04 Å². The van der Waals surface area contributed by atoms with Crippen LogP contribution < -0.4 is 10.1 Å². The molecule has 1 atom stereocenters. The number of hydrogen-bond donors (Lipinski definition) is 1. The molecule has 1 heterocycles. The summed E-state index contributed by atoms with van der Waals surface area (Å²) < 4.78 is 7.85. The van der Waals surface area contributed by atoms with Crippen molar-refractivity contribution in [3.63, 3.8) is 0 Å². The van der Waals surface area contributed by atoms with Crippen LogP contribution in [0.25, 0.3) is 5.69 Å². The summed E-state index contributed by atoms with van der Waals surface area (Å²) in [6.45, 7) is 2.00. The smallest absolute Gasteiger partial charge is 0.173 e. The number of methoxy groups -OCH3 is 1. The lowest BCUT2D eigenvalue weighted by molar-refractivity contribution is 0.411. The van der Waals surface area contributed by atoms with Crippen LogP contribution in [0.2, 0.25) is 0 Å². The molecule has 0 bridgehead atoms. The highest BCUT2D eigenvalue weighted by molar-refractivity contribution is 9.10. The largest absolute Gasteiger partial charge is 0.495 e. The van der Waals surface area contributed by atoms with Crippen LogP contribution >= 0.6 is 15.9 Å². The van der Waals surface area contributed by atoms with Gasteiger partial charge < -0.3 is 10.1 Å². The van der Waals surface area contributed by atoms with Gasteiger partial charge >= 0.3 is 0 Å². The van der Waals surface area contributed by atoms with Crippen LogP contribution in [0, 0.1) is 0 Å². The average Bonchev–Trinajstić information content (AvgIpc) is 2.87. The summed E-state index contributed by atoms with van der Waals surface area (Å²) in [5, 5.41) is 14.9. The highest BCUT2D eigenvalue weighted by atomic mass is 79.9. The number of nitrogens with zero attached hydrogens (tertiary/aromatic N) is 4. The second-order valence-corrected chi connectivity index (χ2v) is 4.63. The Balaban J connectivity index is 2.46. The van der Waals surface area contributed by atoms with E-state index >= 15 is 0 Å². The van der Waals surface area contributed by atoms with Gasteiger partial charge in [0.25, 0.3) is 0 Å². The monoisotopic (exact) mass is 311 g/mol. The van der Waals surface area contributed by atoms with Gasteiger partial charge in [0.15, 0.2) is 5.82 Å². The third kappa shape index (κ3) is 2.37. The van der Waals surface area contributed by atoms with Crippen LogP contribution in [0.5, 0.6) is 5.75 Å². The average molecular weight is 312 g/mol. The lowest BCUT2D eigenvalue weighted by Gasteiger charge is -2.11. The van der Waals surface area contributed by atoms with E-state index in [2.05, 4.69) is 36.8 Å². The zero-order valence-electron chi connectivity index (χ0n) is 10.4. The third-order valence-corrected chi connectivity index (χ3v) is 3.35. The first-order valence-electron chi connectivity index (χ1n) is 5.46. The quantitative estimate of drug-likeness (QED) is 0.931. The minimum atomic E-state index is 0.0645. The number of tetrazole rings is 1. The van der Waals surface area contributed by atoms with Crippen molar-refractivity contribution in [1.82, 2.24) is 25.5 Å². The second-order valence-electron chi connectivity index (χ2n) is 3.78. The van der Waals surface area contributed by atoms with Gasteiger partial charge in [-0.3, -0.25) is 0 Å². The molecule has 0 saturated carbocycles. The zero-order chi connectivity index (χ0) is 13.1. The molecule has 1 unspecified atom stereocenters. The topological polar surface area (TPSA) is 64.9 Å². The normalized spacial score (nSPS) is 12.4. The number of halogens is 1. The van der Waals surface area contributed by atoms with Crippen molar-refractivity contribution in [3.05, 3.63) is 28.5 Å². The molecule has 0 aliphatic heterocycles. The maximum absolute atomic E-state index is 5.27. The van der Waals surface area contributed by atoms with Crippen LogP contribution in [-0.2, 0) is 0 Å². The fourth-order valence-electron chi connectivity index (χ4n) is 1.56. The van der Waals surface area contributed by atoms with Crippen LogP contribution in [0.3, 0.4) is 0 Å². The van der Waals surface area contributed by atoms with Crippen LogP contribution in [0.15, 0.2) is 22.7 Å². The number of aromatic nitrogens is 4. The van der Waals surface area contributed by atoms with E-state index in [0.717, 1.165) is 21.7 Å². The Kier molecular flexibility index (Phi) is 3.93. The lowest BCUT2D eigenvalue weighted by atomic mass is 10.2. The summed E-state index contributed by atoms with van der Waals surface area (Å²) in [6.07, 6.45) is 0. The van der Waals surface area contributed by atoms with Gasteiger partial charge in [-0.25, -0.2) is 0 Å². The summed E-state index contributed by atoms with van der Waals surface area (Å²) >= 11 is 3.42. The number of rotatable bonds is 4. The first-order chi connectivity index (χ1) is 8.67. The Hall–Kier alpha value is -1.47. The van der Waals surface area contributed by atoms with Gasteiger partial charge in [0.2, 0.25) is 0 Å². The third-order valence-electron chi connectivity index (χ3n) is 2.69. The standard InChI is InChI=1S/C11H14BrN5O/c1-7(13-2)11-14-15-16-17(11)8-4-5-9(12)10(6-8)18-3/h4-7,13H,1-3H3. The molecular weight excluding hydrogens is 298 g/mol. The highest BCUT2D eigenvalue weighted by Crippen LogP contribution is 2.27. The molecule has 96 valence electrons. The van der Waals surface area contributed by atoms with E-state index in [1.54, 1.807) is 11.8 Å². The molecule has 7 heteroatoms. The Morgan fingerprint density at radius 2 is 2.22 bits per heavy atom.